The Morgan fingerprint density at radius 1 is 1.29 bits per heavy atom. The van der Waals surface area contributed by atoms with Gasteiger partial charge in [0.1, 0.15) is 11.5 Å². The highest BCUT2D eigenvalue weighted by atomic mass is 32.2. The van der Waals surface area contributed by atoms with Gasteiger partial charge in [-0.1, -0.05) is 11.8 Å². The number of sulfone groups is 1. The first kappa shape index (κ1) is 17.1. The molecule has 24 heavy (non-hydrogen) atoms. The summed E-state index contributed by atoms with van der Waals surface area (Å²) in [5.74, 6) is 0.969. The lowest BCUT2D eigenvalue weighted by Crippen LogP contribution is -2.37. The zero-order valence-corrected chi connectivity index (χ0v) is 15.2. The van der Waals surface area contributed by atoms with Crippen LogP contribution in [0.3, 0.4) is 0 Å². The van der Waals surface area contributed by atoms with Crippen molar-refractivity contribution in [1.29, 1.82) is 0 Å². The molecule has 2 saturated heterocycles. The maximum atomic E-state index is 12.0. The van der Waals surface area contributed by atoms with E-state index in [1.807, 2.05) is 0 Å². The zero-order chi connectivity index (χ0) is 17.5. The summed E-state index contributed by atoms with van der Waals surface area (Å²) in [6.45, 7) is 1.37. The molecule has 1 aromatic carbocycles. The molecule has 2 fully saturated rings. The Morgan fingerprint density at radius 3 is 2.67 bits per heavy atom. The van der Waals surface area contributed by atoms with E-state index < -0.39 is 9.84 Å². The standard InChI is InChI=1S/C15H18N2O5S2/c1-9(18)16-15-17(12-7-24(19,20)8-14(12)23-15)11-6-10(21-2)4-5-13(11)22-3/h4-6,12,14H,7-8H2,1-3H3. The van der Waals surface area contributed by atoms with Crippen LogP contribution in [0.4, 0.5) is 5.69 Å². The van der Waals surface area contributed by atoms with Gasteiger partial charge in [0.05, 0.1) is 37.5 Å². The largest absolute Gasteiger partial charge is 0.497 e. The quantitative estimate of drug-likeness (QED) is 0.793. The Hall–Kier alpha value is -1.74. The Morgan fingerprint density at radius 2 is 2.04 bits per heavy atom. The molecule has 0 radical (unpaired) electrons. The minimum atomic E-state index is -3.11. The fraction of sp³-hybridized carbons (Fsp3) is 0.467. The van der Waals surface area contributed by atoms with E-state index in [9.17, 15) is 13.2 Å². The van der Waals surface area contributed by atoms with Gasteiger partial charge in [0.2, 0.25) is 5.91 Å². The van der Waals surface area contributed by atoms with Crippen LogP contribution in [0.1, 0.15) is 6.92 Å². The van der Waals surface area contributed by atoms with Crippen molar-refractivity contribution in [2.75, 3.05) is 30.6 Å². The number of fused-ring (bicyclic) bond motifs is 1. The van der Waals surface area contributed by atoms with Gasteiger partial charge in [0.15, 0.2) is 15.0 Å². The van der Waals surface area contributed by atoms with E-state index in [1.54, 1.807) is 37.3 Å². The van der Waals surface area contributed by atoms with Gasteiger partial charge in [0, 0.05) is 18.2 Å². The van der Waals surface area contributed by atoms with Crippen molar-refractivity contribution in [3.05, 3.63) is 18.2 Å². The van der Waals surface area contributed by atoms with Crippen LogP contribution in [0.25, 0.3) is 0 Å². The van der Waals surface area contributed by atoms with Crippen molar-refractivity contribution < 1.29 is 22.7 Å². The Labute approximate surface area is 144 Å². The summed E-state index contributed by atoms with van der Waals surface area (Å²) in [5.41, 5.74) is 0.647. The predicted octanol–water partition coefficient (Wildman–Crippen LogP) is 1.33. The number of aliphatic imine (C=N–C) groups is 1. The second kappa shape index (κ2) is 6.29. The minimum Gasteiger partial charge on any atom is -0.497 e. The molecule has 2 aliphatic heterocycles. The number of rotatable bonds is 3. The molecule has 0 aromatic heterocycles. The van der Waals surface area contributed by atoms with Crippen LogP contribution in [0.2, 0.25) is 0 Å². The molecule has 0 bridgehead atoms. The number of hydrogen-bond donors (Lipinski definition) is 0. The number of anilines is 1. The molecule has 2 unspecified atom stereocenters. The zero-order valence-electron chi connectivity index (χ0n) is 13.6. The number of thioether (sulfide) groups is 1. The average Bonchev–Trinajstić information content (AvgIpc) is 2.96. The number of carbonyl (C=O) groups excluding carboxylic acids is 1. The normalized spacial score (nSPS) is 26.5. The SMILES string of the molecule is COc1ccc(OC)c(N2C(=NC(C)=O)SC3CS(=O)(=O)CC32)c1. The van der Waals surface area contributed by atoms with Crippen LogP contribution in [-0.4, -0.2) is 56.5 Å². The molecule has 2 atom stereocenters. The molecule has 2 aliphatic rings. The lowest BCUT2D eigenvalue weighted by atomic mass is 10.2. The molecule has 9 heteroatoms. The topological polar surface area (TPSA) is 85.3 Å². The highest BCUT2D eigenvalue weighted by Crippen LogP contribution is 2.44. The second-order valence-corrected chi connectivity index (χ2v) is 8.98. The van der Waals surface area contributed by atoms with Crippen molar-refractivity contribution in [3.8, 4) is 11.5 Å². The van der Waals surface area contributed by atoms with Crippen LogP contribution < -0.4 is 14.4 Å². The van der Waals surface area contributed by atoms with E-state index in [0.29, 0.717) is 22.4 Å². The molecule has 0 spiro atoms. The molecule has 1 aromatic rings. The van der Waals surface area contributed by atoms with Gasteiger partial charge in [-0.2, -0.15) is 4.99 Å². The van der Waals surface area contributed by atoms with Gasteiger partial charge in [-0.25, -0.2) is 8.42 Å². The molecular formula is C15H18N2O5S2. The number of amides is 1. The van der Waals surface area contributed by atoms with Crippen LogP contribution in [0, 0.1) is 0 Å². The summed E-state index contributed by atoms with van der Waals surface area (Å²) in [4.78, 5) is 17.4. The molecule has 130 valence electrons. The number of ether oxygens (including phenoxy) is 2. The van der Waals surface area contributed by atoms with Crippen molar-refractivity contribution in [3.63, 3.8) is 0 Å². The average molecular weight is 370 g/mol. The van der Waals surface area contributed by atoms with E-state index >= 15 is 0 Å². The number of methoxy groups -OCH3 is 2. The number of hydrogen-bond acceptors (Lipinski definition) is 6. The van der Waals surface area contributed by atoms with Gasteiger partial charge in [-0.05, 0) is 12.1 Å². The molecule has 0 aliphatic carbocycles. The smallest absolute Gasteiger partial charge is 0.244 e. The van der Waals surface area contributed by atoms with Crippen LogP contribution in [0.15, 0.2) is 23.2 Å². The predicted molar refractivity (Wildman–Crippen MR) is 94.0 cm³/mol. The third-order valence-corrected chi connectivity index (χ3v) is 7.17. The lowest BCUT2D eigenvalue weighted by Gasteiger charge is -2.26. The number of amidine groups is 1. The maximum absolute atomic E-state index is 12.0. The third-order valence-electron chi connectivity index (χ3n) is 3.97. The van der Waals surface area contributed by atoms with Crippen LogP contribution in [-0.2, 0) is 14.6 Å². The number of nitrogens with zero attached hydrogens (tertiary/aromatic N) is 2. The summed E-state index contributed by atoms with van der Waals surface area (Å²) in [6.07, 6.45) is 0. The molecule has 1 amide bonds. The molecule has 0 saturated carbocycles. The highest BCUT2D eigenvalue weighted by Gasteiger charge is 2.50. The van der Waals surface area contributed by atoms with Crippen LogP contribution >= 0.6 is 11.8 Å². The van der Waals surface area contributed by atoms with E-state index in [-0.39, 0.29) is 28.7 Å². The van der Waals surface area contributed by atoms with Gasteiger partial charge in [-0.15, -0.1) is 0 Å². The first-order chi connectivity index (χ1) is 11.3. The second-order valence-electron chi connectivity index (χ2n) is 5.62. The fourth-order valence-electron chi connectivity index (χ4n) is 2.97. The molecule has 0 N–H and O–H groups in total. The summed E-state index contributed by atoms with van der Waals surface area (Å²) in [6, 6.07) is 5.00. The molecular weight excluding hydrogens is 352 g/mol. The van der Waals surface area contributed by atoms with Crippen molar-refractivity contribution in [2.24, 2.45) is 4.99 Å². The number of benzene rings is 1. The first-order valence-electron chi connectivity index (χ1n) is 7.32. The van der Waals surface area contributed by atoms with E-state index in [4.69, 9.17) is 9.47 Å². The van der Waals surface area contributed by atoms with Crippen molar-refractivity contribution >= 4 is 38.4 Å². The monoisotopic (exact) mass is 370 g/mol. The highest BCUT2D eigenvalue weighted by molar-refractivity contribution is 8.16. The van der Waals surface area contributed by atoms with E-state index in [1.165, 1.54) is 18.7 Å². The summed E-state index contributed by atoms with van der Waals surface area (Å²) in [5, 5.41) is 0.350. The molecule has 3 rings (SSSR count). The summed E-state index contributed by atoms with van der Waals surface area (Å²) >= 11 is 1.33. The fourth-order valence-corrected chi connectivity index (χ4v) is 6.92. The van der Waals surface area contributed by atoms with Gasteiger partial charge >= 0.3 is 0 Å². The van der Waals surface area contributed by atoms with Gasteiger partial charge in [0.25, 0.3) is 0 Å². The van der Waals surface area contributed by atoms with E-state index in [2.05, 4.69) is 4.99 Å². The third kappa shape index (κ3) is 3.10. The first-order valence-corrected chi connectivity index (χ1v) is 10.0. The maximum Gasteiger partial charge on any atom is 0.244 e. The Bertz CT molecular complexity index is 806. The van der Waals surface area contributed by atoms with E-state index in [0.717, 1.165) is 0 Å². The lowest BCUT2D eigenvalue weighted by molar-refractivity contribution is -0.115. The van der Waals surface area contributed by atoms with Gasteiger partial charge in [-0.3, -0.25) is 4.79 Å². The number of carbonyl (C=O) groups is 1. The summed E-state index contributed by atoms with van der Waals surface area (Å²) < 4.78 is 34.7. The van der Waals surface area contributed by atoms with Crippen LogP contribution in [0.5, 0.6) is 11.5 Å². The molecule has 7 nitrogen and oxygen atoms in total. The van der Waals surface area contributed by atoms with Crippen molar-refractivity contribution in [2.45, 2.75) is 18.2 Å². The Kier molecular flexibility index (Phi) is 4.48. The molecule has 2 heterocycles. The van der Waals surface area contributed by atoms with Crippen molar-refractivity contribution in [1.82, 2.24) is 0 Å². The van der Waals surface area contributed by atoms with Gasteiger partial charge < -0.3 is 14.4 Å². The summed E-state index contributed by atoms with van der Waals surface area (Å²) in [7, 11) is -0.0139. The minimum absolute atomic E-state index is 0.0297. The Balaban J connectivity index is 2.12.